The van der Waals surface area contributed by atoms with Crippen molar-refractivity contribution in [3.05, 3.63) is 47.0 Å². The van der Waals surface area contributed by atoms with E-state index >= 15 is 0 Å². The van der Waals surface area contributed by atoms with Crippen molar-refractivity contribution in [3.8, 4) is 5.75 Å². The highest BCUT2D eigenvalue weighted by Crippen LogP contribution is 2.55. The lowest BCUT2D eigenvalue weighted by atomic mass is 9.64. The minimum atomic E-state index is -0.262. The van der Waals surface area contributed by atoms with Crippen molar-refractivity contribution in [2.75, 3.05) is 19.7 Å². The summed E-state index contributed by atoms with van der Waals surface area (Å²) in [5.74, 6) is 1.24. The molecular weight excluding hydrogens is 386 g/mol. The summed E-state index contributed by atoms with van der Waals surface area (Å²) in [5.41, 5.74) is 2.43. The number of hydrogen-bond acceptors (Lipinski definition) is 4. The third-order valence-corrected chi connectivity index (χ3v) is 7.59. The second kappa shape index (κ2) is 7.00. The minimum absolute atomic E-state index is 0.101. The molecule has 5 rings (SSSR count). The van der Waals surface area contributed by atoms with Gasteiger partial charge in [-0.2, -0.15) is 0 Å². The Morgan fingerprint density at radius 2 is 2.03 bits per heavy atom. The number of likely N-dealkylation sites (tertiary alicyclic amines) is 1. The molecule has 0 bridgehead atoms. The number of aromatic nitrogens is 2. The zero-order valence-corrected chi connectivity index (χ0v) is 18.3. The van der Waals surface area contributed by atoms with Crippen molar-refractivity contribution in [2.24, 2.45) is 18.4 Å². The molecule has 2 aromatic rings. The first-order valence-corrected chi connectivity index (χ1v) is 11.0. The third kappa shape index (κ3) is 3.47. The SMILES string of the molecule is Cn1cncc1CN1CCC2(CC1)COC1c3ccc(Cl)cc3OC(C)(C)C1C2. The first-order valence-electron chi connectivity index (χ1n) is 10.6. The quantitative estimate of drug-likeness (QED) is 0.718. The third-order valence-electron chi connectivity index (χ3n) is 7.35. The van der Waals surface area contributed by atoms with Gasteiger partial charge < -0.3 is 14.0 Å². The molecule has 4 heterocycles. The Kier molecular flexibility index (Phi) is 4.68. The molecule has 2 unspecified atom stereocenters. The van der Waals surface area contributed by atoms with Crippen LogP contribution >= 0.6 is 11.6 Å². The van der Waals surface area contributed by atoms with Gasteiger partial charge in [0.15, 0.2) is 0 Å². The molecule has 0 radical (unpaired) electrons. The monoisotopic (exact) mass is 415 g/mol. The summed E-state index contributed by atoms with van der Waals surface area (Å²) in [6.45, 7) is 8.44. The zero-order valence-electron chi connectivity index (χ0n) is 17.5. The van der Waals surface area contributed by atoms with E-state index in [1.165, 1.54) is 18.5 Å². The van der Waals surface area contributed by atoms with Crippen molar-refractivity contribution in [2.45, 2.75) is 51.4 Å². The van der Waals surface area contributed by atoms with Gasteiger partial charge in [0.25, 0.3) is 0 Å². The van der Waals surface area contributed by atoms with Crippen LogP contribution in [0.2, 0.25) is 5.02 Å². The summed E-state index contributed by atoms with van der Waals surface area (Å²) < 4.78 is 15.1. The van der Waals surface area contributed by atoms with Gasteiger partial charge >= 0.3 is 0 Å². The van der Waals surface area contributed by atoms with Crippen molar-refractivity contribution < 1.29 is 9.47 Å². The molecule has 1 aromatic heterocycles. The fraction of sp³-hybridized carbons (Fsp3) is 0.609. The van der Waals surface area contributed by atoms with Gasteiger partial charge in [0, 0.05) is 36.3 Å². The van der Waals surface area contributed by atoms with Crippen molar-refractivity contribution in [3.63, 3.8) is 0 Å². The van der Waals surface area contributed by atoms with Crippen LogP contribution in [0.15, 0.2) is 30.7 Å². The number of nitrogens with zero attached hydrogens (tertiary/aromatic N) is 3. The van der Waals surface area contributed by atoms with Gasteiger partial charge in [-0.05, 0) is 63.7 Å². The lowest BCUT2D eigenvalue weighted by molar-refractivity contribution is -0.174. The number of halogens is 1. The standard InChI is InChI=1S/C23H30ClN3O2/c1-22(2)19-11-23(6-8-27(9-7-23)13-17-12-25-15-26(17)3)14-28-21(19)18-5-4-16(24)10-20(18)29-22/h4-5,10,12,15,19,21H,6-9,11,13-14H2,1-3H3. The van der Waals surface area contributed by atoms with E-state index in [9.17, 15) is 0 Å². The molecule has 2 saturated heterocycles. The van der Waals surface area contributed by atoms with Crippen LogP contribution < -0.4 is 4.74 Å². The largest absolute Gasteiger partial charge is 0.487 e. The average molecular weight is 416 g/mol. The molecule has 1 aromatic carbocycles. The average Bonchev–Trinajstić information content (AvgIpc) is 3.08. The Bertz CT molecular complexity index is 901. The molecular formula is C23H30ClN3O2. The lowest BCUT2D eigenvalue weighted by Gasteiger charge is -2.54. The first kappa shape index (κ1) is 19.4. The van der Waals surface area contributed by atoms with Crippen molar-refractivity contribution in [1.82, 2.24) is 14.5 Å². The minimum Gasteiger partial charge on any atom is -0.487 e. The van der Waals surface area contributed by atoms with Gasteiger partial charge in [-0.25, -0.2) is 4.98 Å². The Morgan fingerprint density at radius 3 is 2.76 bits per heavy atom. The predicted octanol–water partition coefficient (Wildman–Crippen LogP) is 4.60. The lowest BCUT2D eigenvalue weighted by Crippen LogP contribution is -2.54. The number of piperidine rings is 1. The van der Waals surface area contributed by atoms with E-state index in [-0.39, 0.29) is 17.1 Å². The zero-order chi connectivity index (χ0) is 20.2. The maximum Gasteiger partial charge on any atom is 0.127 e. The highest BCUT2D eigenvalue weighted by molar-refractivity contribution is 6.30. The Labute approximate surface area is 178 Å². The molecule has 0 aliphatic carbocycles. The number of rotatable bonds is 2. The van der Waals surface area contributed by atoms with Crippen LogP contribution in [0.5, 0.6) is 5.75 Å². The van der Waals surface area contributed by atoms with E-state index in [4.69, 9.17) is 21.1 Å². The van der Waals surface area contributed by atoms with Crippen LogP contribution in [0.25, 0.3) is 0 Å². The summed E-state index contributed by atoms with van der Waals surface area (Å²) in [5, 5.41) is 0.714. The number of benzene rings is 1. The topological polar surface area (TPSA) is 39.5 Å². The normalized spacial score (nSPS) is 27.9. The summed E-state index contributed by atoms with van der Waals surface area (Å²) in [4.78, 5) is 6.80. The van der Waals surface area contributed by atoms with E-state index in [1.807, 2.05) is 24.7 Å². The molecule has 1 spiro atoms. The molecule has 29 heavy (non-hydrogen) atoms. The van der Waals surface area contributed by atoms with E-state index in [1.54, 1.807) is 0 Å². The molecule has 2 atom stereocenters. The first-order chi connectivity index (χ1) is 13.9. The summed E-state index contributed by atoms with van der Waals surface area (Å²) >= 11 is 6.20. The van der Waals surface area contributed by atoms with Gasteiger partial charge in [0.1, 0.15) is 11.4 Å². The number of ether oxygens (including phenoxy) is 2. The number of aryl methyl sites for hydroxylation is 1. The van der Waals surface area contributed by atoms with Gasteiger partial charge in [-0.1, -0.05) is 17.7 Å². The fourth-order valence-electron chi connectivity index (χ4n) is 5.42. The molecule has 6 heteroatoms. The summed E-state index contributed by atoms with van der Waals surface area (Å²) in [6.07, 6.45) is 7.47. The van der Waals surface area contributed by atoms with Gasteiger partial charge in [0.05, 0.1) is 24.7 Å². The van der Waals surface area contributed by atoms with E-state index < -0.39 is 0 Å². The van der Waals surface area contributed by atoms with E-state index in [0.29, 0.717) is 10.9 Å². The molecule has 156 valence electrons. The Hall–Kier alpha value is -1.56. The number of imidazole rings is 1. The molecule has 0 saturated carbocycles. The van der Waals surface area contributed by atoms with Crippen molar-refractivity contribution >= 4 is 11.6 Å². The second-order valence-electron chi connectivity index (χ2n) is 9.70. The maximum atomic E-state index is 6.58. The van der Waals surface area contributed by atoms with Crippen LogP contribution in [-0.4, -0.2) is 39.7 Å². The van der Waals surface area contributed by atoms with E-state index in [0.717, 1.165) is 44.0 Å². The van der Waals surface area contributed by atoms with Crippen LogP contribution in [0.3, 0.4) is 0 Å². The molecule has 5 nitrogen and oxygen atoms in total. The molecule has 2 fully saturated rings. The fourth-order valence-corrected chi connectivity index (χ4v) is 5.58. The van der Waals surface area contributed by atoms with E-state index in [2.05, 4.69) is 41.4 Å². The molecule has 0 amide bonds. The summed E-state index contributed by atoms with van der Waals surface area (Å²) in [7, 11) is 2.07. The van der Waals surface area contributed by atoms with Crippen LogP contribution in [0.1, 0.15) is 50.5 Å². The molecule has 3 aliphatic rings. The van der Waals surface area contributed by atoms with Crippen molar-refractivity contribution in [1.29, 1.82) is 0 Å². The molecule has 0 N–H and O–H groups in total. The highest BCUT2D eigenvalue weighted by Gasteiger charge is 2.52. The number of fused-ring (bicyclic) bond motifs is 3. The highest BCUT2D eigenvalue weighted by atomic mass is 35.5. The Morgan fingerprint density at radius 1 is 1.24 bits per heavy atom. The predicted molar refractivity (Wildman–Crippen MR) is 113 cm³/mol. The second-order valence-corrected chi connectivity index (χ2v) is 10.1. The van der Waals surface area contributed by atoms with Crippen LogP contribution in [-0.2, 0) is 18.3 Å². The van der Waals surface area contributed by atoms with Crippen LogP contribution in [0, 0.1) is 11.3 Å². The van der Waals surface area contributed by atoms with Crippen LogP contribution in [0.4, 0.5) is 0 Å². The van der Waals surface area contributed by atoms with Gasteiger partial charge in [-0.3, -0.25) is 4.90 Å². The smallest absolute Gasteiger partial charge is 0.127 e. The molecule has 3 aliphatic heterocycles. The van der Waals surface area contributed by atoms with Gasteiger partial charge in [0.2, 0.25) is 0 Å². The maximum absolute atomic E-state index is 6.58. The van der Waals surface area contributed by atoms with Gasteiger partial charge in [-0.15, -0.1) is 0 Å². The summed E-state index contributed by atoms with van der Waals surface area (Å²) in [6, 6.07) is 5.96. The number of hydrogen-bond donors (Lipinski definition) is 0. The Balaban J connectivity index is 1.31.